The average Bonchev–Trinajstić information content (AvgIpc) is 2.91. The highest BCUT2D eigenvalue weighted by Crippen LogP contribution is 2.36. The number of aromatic nitrogens is 1. The van der Waals surface area contributed by atoms with E-state index < -0.39 is 0 Å². The Kier molecular flexibility index (Phi) is 6.60. The standard InChI is InChI=1S/C19H24N4.HI/c1-19(12-15-6-2-3-7-16(15)13-19)14-23-18(20)22-11-9-17-8-4-5-10-21-17;/h2-8,10H,9,11-14H2,1H3,(H3,20,22,23);1H. The van der Waals surface area contributed by atoms with E-state index in [2.05, 4.69) is 46.5 Å². The molecule has 0 radical (unpaired) electrons. The van der Waals surface area contributed by atoms with Crippen LogP contribution in [0.15, 0.2) is 53.7 Å². The van der Waals surface area contributed by atoms with Gasteiger partial charge in [0.05, 0.1) is 0 Å². The third kappa shape index (κ3) is 4.93. The number of pyridine rings is 1. The second-order valence-electron chi connectivity index (χ2n) is 6.63. The number of guanidine groups is 1. The lowest BCUT2D eigenvalue weighted by molar-refractivity contribution is 0.360. The monoisotopic (exact) mass is 436 g/mol. The summed E-state index contributed by atoms with van der Waals surface area (Å²) in [6.07, 6.45) is 4.81. The Bertz CT molecular complexity index is 660. The number of fused-ring (bicyclic) bond motifs is 1. The van der Waals surface area contributed by atoms with E-state index in [1.54, 1.807) is 0 Å². The van der Waals surface area contributed by atoms with Crippen molar-refractivity contribution in [3.63, 3.8) is 0 Å². The number of hydrogen-bond donors (Lipinski definition) is 2. The molecule has 0 fully saturated rings. The zero-order valence-corrected chi connectivity index (χ0v) is 16.4. The van der Waals surface area contributed by atoms with Gasteiger partial charge in [0.15, 0.2) is 5.96 Å². The molecule has 24 heavy (non-hydrogen) atoms. The summed E-state index contributed by atoms with van der Waals surface area (Å²) in [5.74, 6) is 0.526. The van der Waals surface area contributed by atoms with Crippen LogP contribution in [0.2, 0.25) is 0 Å². The quantitative estimate of drug-likeness (QED) is 0.431. The van der Waals surface area contributed by atoms with E-state index in [1.807, 2.05) is 24.4 Å². The average molecular weight is 436 g/mol. The highest BCUT2D eigenvalue weighted by molar-refractivity contribution is 14.0. The van der Waals surface area contributed by atoms with Gasteiger partial charge in [-0.25, -0.2) is 0 Å². The second-order valence-corrected chi connectivity index (χ2v) is 6.63. The summed E-state index contributed by atoms with van der Waals surface area (Å²) < 4.78 is 0. The second kappa shape index (κ2) is 8.46. The van der Waals surface area contributed by atoms with E-state index in [4.69, 9.17) is 5.73 Å². The first-order chi connectivity index (χ1) is 11.1. The lowest BCUT2D eigenvalue weighted by Crippen LogP contribution is -2.35. The zero-order valence-electron chi connectivity index (χ0n) is 14.0. The van der Waals surface area contributed by atoms with Gasteiger partial charge in [0.25, 0.3) is 0 Å². The minimum absolute atomic E-state index is 0. The molecular formula is C19H25IN4. The number of nitrogens with two attached hydrogens (primary N) is 1. The van der Waals surface area contributed by atoms with Crippen LogP contribution in [0.3, 0.4) is 0 Å². The molecular weight excluding hydrogens is 411 g/mol. The van der Waals surface area contributed by atoms with E-state index in [0.29, 0.717) is 5.96 Å². The topological polar surface area (TPSA) is 63.3 Å². The minimum atomic E-state index is 0. The third-order valence-corrected chi connectivity index (χ3v) is 4.40. The van der Waals surface area contributed by atoms with E-state index in [-0.39, 0.29) is 29.4 Å². The summed E-state index contributed by atoms with van der Waals surface area (Å²) in [6.45, 7) is 3.80. The van der Waals surface area contributed by atoms with Crippen LogP contribution in [0, 0.1) is 5.41 Å². The van der Waals surface area contributed by atoms with Crippen LogP contribution in [-0.4, -0.2) is 24.0 Å². The molecule has 0 bridgehead atoms. The Labute approximate surface area is 161 Å². The van der Waals surface area contributed by atoms with Crippen LogP contribution in [0.4, 0.5) is 0 Å². The maximum atomic E-state index is 6.00. The van der Waals surface area contributed by atoms with Gasteiger partial charge in [-0.05, 0) is 41.5 Å². The molecule has 0 atom stereocenters. The van der Waals surface area contributed by atoms with Gasteiger partial charge in [0.2, 0.25) is 0 Å². The molecule has 2 aromatic rings. The van der Waals surface area contributed by atoms with Crippen LogP contribution >= 0.6 is 24.0 Å². The molecule has 0 aliphatic heterocycles. The Morgan fingerprint density at radius 2 is 1.83 bits per heavy atom. The molecule has 4 nitrogen and oxygen atoms in total. The van der Waals surface area contributed by atoms with Gasteiger partial charge < -0.3 is 11.1 Å². The van der Waals surface area contributed by atoms with Crippen LogP contribution in [0.25, 0.3) is 0 Å². The predicted octanol–water partition coefficient (Wildman–Crippen LogP) is 2.95. The van der Waals surface area contributed by atoms with Gasteiger partial charge in [0.1, 0.15) is 0 Å². The number of aliphatic imine (C=N–C) groups is 1. The number of benzene rings is 1. The van der Waals surface area contributed by atoms with Crippen molar-refractivity contribution in [2.24, 2.45) is 16.1 Å². The van der Waals surface area contributed by atoms with Crippen molar-refractivity contribution >= 4 is 29.9 Å². The highest BCUT2D eigenvalue weighted by Gasteiger charge is 2.32. The van der Waals surface area contributed by atoms with Crippen molar-refractivity contribution in [3.8, 4) is 0 Å². The van der Waals surface area contributed by atoms with Gasteiger partial charge in [0, 0.05) is 31.4 Å². The Balaban J connectivity index is 0.00000208. The molecule has 5 heteroatoms. The van der Waals surface area contributed by atoms with Crippen LogP contribution < -0.4 is 11.1 Å². The molecule has 0 spiro atoms. The summed E-state index contributed by atoms with van der Waals surface area (Å²) >= 11 is 0. The van der Waals surface area contributed by atoms with Gasteiger partial charge in [-0.15, -0.1) is 24.0 Å². The molecule has 0 unspecified atom stereocenters. The normalized spacial score (nSPS) is 15.5. The molecule has 0 amide bonds. The van der Waals surface area contributed by atoms with Gasteiger partial charge in [-0.1, -0.05) is 37.3 Å². The molecule has 128 valence electrons. The van der Waals surface area contributed by atoms with Gasteiger partial charge in [-0.2, -0.15) is 0 Å². The molecule has 1 aliphatic rings. The number of nitrogens with zero attached hydrogens (tertiary/aromatic N) is 2. The molecule has 0 saturated carbocycles. The smallest absolute Gasteiger partial charge is 0.188 e. The molecule has 1 aromatic carbocycles. The number of halogens is 1. The van der Waals surface area contributed by atoms with Gasteiger partial charge >= 0.3 is 0 Å². The maximum Gasteiger partial charge on any atom is 0.188 e. The van der Waals surface area contributed by atoms with E-state index in [9.17, 15) is 0 Å². The fourth-order valence-corrected chi connectivity index (χ4v) is 3.19. The van der Waals surface area contributed by atoms with Crippen molar-refractivity contribution in [1.29, 1.82) is 0 Å². The molecule has 3 rings (SSSR count). The van der Waals surface area contributed by atoms with Crippen molar-refractivity contribution in [1.82, 2.24) is 10.3 Å². The largest absolute Gasteiger partial charge is 0.370 e. The van der Waals surface area contributed by atoms with Crippen LogP contribution in [0.5, 0.6) is 0 Å². The SMILES string of the molecule is CC1(CN=C(N)NCCc2ccccn2)Cc2ccccc2C1.I. The van der Waals surface area contributed by atoms with Gasteiger partial charge in [-0.3, -0.25) is 9.98 Å². The van der Waals surface area contributed by atoms with E-state index in [0.717, 1.165) is 38.0 Å². The van der Waals surface area contributed by atoms with E-state index >= 15 is 0 Å². The van der Waals surface area contributed by atoms with Crippen molar-refractivity contribution in [2.45, 2.75) is 26.2 Å². The lowest BCUT2D eigenvalue weighted by atomic mass is 9.87. The highest BCUT2D eigenvalue weighted by atomic mass is 127. The lowest BCUT2D eigenvalue weighted by Gasteiger charge is -2.21. The van der Waals surface area contributed by atoms with Crippen molar-refractivity contribution < 1.29 is 0 Å². The predicted molar refractivity (Wildman–Crippen MR) is 110 cm³/mol. The summed E-state index contributed by atoms with van der Waals surface area (Å²) in [5.41, 5.74) is 10.1. The number of hydrogen-bond acceptors (Lipinski definition) is 2. The summed E-state index contributed by atoms with van der Waals surface area (Å²) in [4.78, 5) is 8.85. The number of rotatable bonds is 5. The first-order valence-electron chi connectivity index (χ1n) is 8.15. The Morgan fingerprint density at radius 1 is 1.17 bits per heavy atom. The van der Waals surface area contributed by atoms with Crippen molar-refractivity contribution in [2.75, 3.05) is 13.1 Å². The first kappa shape index (κ1) is 18.7. The summed E-state index contributed by atoms with van der Waals surface area (Å²) in [6, 6.07) is 14.6. The van der Waals surface area contributed by atoms with E-state index in [1.165, 1.54) is 11.1 Å². The molecule has 1 heterocycles. The Hall–Kier alpha value is -1.63. The first-order valence-corrected chi connectivity index (χ1v) is 8.15. The van der Waals surface area contributed by atoms with Crippen molar-refractivity contribution in [3.05, 3.63) is 65.5 Å². The Morgan fingerprint density at radius 3 is 2.46 bits per heavy atom. The molecule has 1 aromatic heterocycles. The molecule has 3 N–H and O–H groups in total. The third-order valence-electron chi connectivity index (χ3n) is 4.40. The molecule has 1 aliphatic carbocycles. The molecule has 0 saturated heterocycles. The zero-order chi connectivity index (χ0) is 16.1. The summed E-state index contributed by atoms with van der Waals surface area (Å²) in [5, 5.41) is 3.18. The fraction of sp³-hybridized carbons (Fsp3) is 0.368. The summed E-state index contributed by atoms with van der Waals surface area (Å²) in [7, 11) is 0. The maximum absolute atomic E-state index is 6.00. The van der Waals surface area contributed by atoms with Crippen LogP contribution in [-0.2, 0) is 19.3 Å². The van der Waals surface area contributed by atoms with Crippen LogP contribution in [0.1, 0.15) is 23.7 Å². The fourth-order valence-electron chi connectivity index (χ4n) is 3.19. The number of nitrogens with one attached hydrogen (secondary N) is 1. The minimum Gasteiger partial charge on any atom is -0.370 e.